The maximum atomic E-state index is 6.50. The number of ether oxygens (including phenoxy) is 3. The Kier molecular flexibility index (Phi) is 5.92. The number of aryl methyl sites for hydroxylation is 1. The highest BCUT2D eigenvalue weighted by atomic mass is 32.2. The number of nitrogens with one attached hydrogen (secondary N) is 1. The van der Waals surface area contributed by atoms with E-state index < -0.39 is 5.79 Å². The molecule has 5 heterocycles. The SMILES string of the molecule is CC1(C)OC2C(CSCCCCc3nc4ccccc4[nH]3)OC(n3ccc4c(N)ncnc43)C2O1. The second-order valence-corrected chi connectivity index (χ2v) is 10.7. The minimum Gasteiger partial charge on any atom is -0.383 e. The van der Waals surface area contributed by atoms with E-state index in [1.54, 1.807) is 0 Å². The van der Waals surface area contributed by atoms with Gasteiger partial charge in [0.1, 0.15) is 35.8 Å². The number of benzene rings is 1. The quantitative estimate of drug-likeness (QED) is 0.353. The number of nitrogens with two attached hydrogens (primary N) is 1. The number of H-pyrrole nitrogens is 1. The lowest BCUT2D eigenvalue weighted by molar-refractivity contribution is -0.193. The second kappa shape index (κ2) is 9.09. The summed E-state index contributed by atoms with van der Waals surface area (Å²) in [6.07, 6.45) is 5.86. The Balaban J connectivity index is 1.06. The van der Waals surface area contributed by atoms with Crippen molar-refractivity contribution in [3.8, 4) is 0 Å². The van der Waals surface area contributed by atoms with Crippen LogP contribution in [0.4, 0.5) is 5.82 Å². The van der Waals surface area contributed by atoms with E-state index in [0.29, 0.717) is 5.82 Å². The molecule has 3 aromatic heterocycles. The summed E-state index contributed by atoms with van der Waals surface area (Å²) in [7, 11) is 0. The second-order valence-electron chi connectivity index (χ2n) is 9.58. The number of unbranched alkanes of at least 4 members (excludes halogenated alkanes) is 1. The van der Waals surface area contributed by atoms with E-state index in [9.17, 15) is 0 Å². The fourth-order valence-corrected chi connectivity index (χ4v) is 6.11. The molecule has 2 aliphatic heterocycles. The number of nitrogens with zero attached hydrogens (tertiary/aromatic N) is 4. The number of hydrogen-bond donors (Lipinski definition) is 2. The van der Waals surface area contributed by atoms with Crippen molar-refractivity contribution in [1.29, 1.82) is 0 Å². The van der Waals surface area contributed by atoms with Gasteiger partial charge in [0, 0.05) is 18.4 Å². The average Bonchev–Trinajstić information content (AvgIpc) is 3.58. The number of para-hydroxylation sites is 2. The number of fused-ring (bicyclic) bond motifs is 3. The summed E-state index contributed by atoms with van der Waals surface area (Å²) in [4.78, 5) is 16.6. The number of nitrogen functional groups attached to an aromatic ring is 1. The Hall–Kier alpha value is -2.66. The van der Waals surface area contributed by atoms with Crippen molar-refractivity contribution >= 4 is 39.6 Å². The van der Waals surface area contributed by atoms with Gasteiger partial charge in [-0.15, -0.1) is 0 Å². The molecule has 0 bridgehead atoms. The number of hydrogen-bond acceptors (Lipinski definition) is 8. The largest absolute Gasteiger partial charge is 0.383 e. The van der Waals surface area contributed by atoms with Gasteiger partial charge >= 0.3 is 0 Å². The predicted octanol–water partition coefficient (Wildman–Crippen LogP) is 4.06. The van der Waals surface area contributed by atoms with E-state index in [4.69, 9.17) is 19.9 Å². The van der Waals surface area contributed by atoms with Crippen LogP contribution < -0.4 is 5.73 Å². The maximum absolute atomic E-state index is 6.50. The zero-order chi connectivity index (χ0) is 24.0. The summed E-state index contributed by atoms with van der Waals surface area (Å²) in [6.45, 7) is 3.91. The third kappa shape index (κ3) is 4.40. The van der Waals surface area contributed by atoms with Gasteiger partial charge in [-0.05, 0) is 50.6 Å². The Bertz CT molecular complexity index is 1300. The highest BCUT2D eigenvalue weighted by Gasteiger charge is 2.55. The van der Waals surface area contributed by atoms with Gasteiger partial charge in [0.15, 0.2) is 12.0 Å². The molecule has 0 aliphatic carbocycles. The highest BCUT2D eigenvalue weighted by molar-refractivity contribution is 7.99. The molecule has 184 valence electrons. The molecule has 1 aromatic carbocycles. The minimum atomic E-state index is -0.649. The van der Waals surface area contributed by atoms with Crippen molar-refractivity contribution in [2.75, 3.05) is 17.2 Å². The first-order valence-corrected chi connectivity index (χ1v) is 13.2. The Morgan fingerprint density at radius 3 is 2.86 bits per heavy atom. The van der Waals surface area contributed by atoms with Gasteiger partial charge in [-0.1, -0.05) is 12.1 Å². The zero-order valence-corrected chi connectivity index (χ0v) is 20.7. The molecule has 35 heavy (non-hydrogen) atoms. The fourth-order valence-electron chi connectivity index (χ4n) is 5.03. The molecule has 3 N–H and O–H groups in total. The van der Waals surface area contributed by atoms with Gasteiger partial charge in [-0.25, -0.2) is 15.0 Å². The average molecular weight is 495 g/mol. The van der Waals surface area contributed by atoms with Crippen molar-refractivity contribution < 1.29 is 14.2 Å². The first-order valence-electron chi connectivity index (χ1n) is 12.1. The molecule has 10 heteroatoms. The Morgan fingerprint density at radius 2 is 1.97 bits per heavy atom. The van der Waals surface area contributed by atoms with Gasteiger partial charge in [-0.2, -0.15) is 11.8 Å². The first-order chi connectivity index (χ1) is 17.0. The maximum Gasteiger partial charge on any atom is 0.164 e. The van der Waals surface area contributed by atoms with E-state index in [0.717, 1.165) is 58.7 Å². The van der Waals surface area contributed by atoms with Gasteiger partial charge in [-0.3, -0.25) is 0 Å². The molecule has 0 amide bonds. The molecular formula is C25H30N6O3S. The Labute approximate surface area is 207 Å². The van der Waals surface area contributed by atoms with Crippen LogP contribution in [0, 0.1) is 0 Å². The summed E-state index contributed by atoms with van der Waals surface area (Å²) < 4.78 is 21.0. The van der Waals surface area contributed by atoms with E-state index in [1.807, 2.05) is 60.6 Å². The van der Waals surface area contributed by atoms with E-state index >= 15 is 0 Å². The zero-order valence-electron chi connectivity index (χ0n) is 19.9. The van der Waals surface area contributed by atoms with Crippen LogP contribution in [-0.4, -0.2) is 60.1 Å². The van der Waals surface area contributed by atoms with Gasteiger partial charge in [0.25, 0.3) is 0 Å². The number of aromatic amines is 1. The number of aromatic nitrogens is 5. The molecule has 4 atom stereocenters. The lowest BCUT2D eigenvalue weighted by Gasteiger charge is -2.25. The molecule has 9 nitrogen and oxygen atoms in total. The lowest BCUT2D eigenvalue weighted by atomic mass is 10.1. The fraction of sp³-hybridized carbons (Fsp3) is 0.480. The molecule has 6 rings (SSSR count). The van der Waals surface area contributed by atoms with Gasteiger partial charge in [0.2, 0.25) is 0 Å². The summed E-state index contributed by atoms with van der Waals surface area (Å²) >= 11 is 1.90. The normalized spacial score (nSPS) is 25.5. The van der Waals surface area contributed by atoms with Crippen LogP contribution in [0.3, 0.4) is 0 Å². The van der Waals surface area contributed by atoms with Crippen molar-refractivity contribution in [2.24, 2.45) is 0 Å². The van der Waals surface area contributed by atoms with Crippen molar-refractivity contribution in [3.05, 3.63) is 48.7 Å². The Morgan fingerprint density at radius 1 is 1.11 bits per heavy atom. The highest BCUT2D eigenvalue weighted by Crippen LogP contribution is 2.44. The molecule has 0 saturated carbocycles. The van der Waals surface area contributed by atoms with Crippen LogP contribution in [0.1, 0.15) is 38.7 Å². The van der Waals surface area contributed by atoms with Gasteiger partial charge < -0.3 is 29.5 Å². The summed E-state index contributed by atoms with van der Waals surface area (Å²) in [5.74, 6) is 2.77. The van der Waals surface area contributed by atoms with Crippen molar-refractivity contribution in [3.63, 3.8) is 0 Å². The number of thioether (sulfide) groups is 1. The van der Waals surface area contributed by atoms with Crippen molar-refractivity contribution in [2.45, 2.75) is 63.4 Å². The standard InChI is InChI=1S/C25H30N6O3S/c1-25(2)33-20-18(13-35-12-6-5-9-19-29-16-7-3-4-8-17(16)30-19)32-24(21(20)34-25)31-11-10-15-22(26)27-14-28-23(15)31/h3-4,7-8,10-11,14,18,20-21,24H,5-6,9,12-13H2,1-2H3,(H,29,30)(H2,26,27,28). The molecule has 2 fully saturated rings. The predicted molar refractivity (Wildman–Crippen MR) is 136 cm³/mol. The summed E-state index contributed by atoms with van der Waals surface area (Å²) in [5.41, 5.74) is 8.92. The van der Waals surface area contributed by atoms with Crippen LogP contribution in [0.2, 0.25) is 0 Å². The van der Waals surface area contributed by atoms with E-state index in [2.05, 4.69) is 26.0 Å². The van der Waals surface area contributed by atoms with Crippen molar-refractivity contribution in [1.82, 2.24) is 24.5 Å². The third-order valence-corrected chi connectivity index (χ3v) is 7.75. The number of rotatable bonds is 8. The smallest absolute Gasteiger partial charge is 0.164 e. The minimum absolute atomic E-state index is 0.0659. The molecule has 4 aromatic rings. The molecule has 2 saturated heterocycles. The lowest BCUT2D eigenvalue weighted by Crippen LogP contribution is -2.31. The molecule has 0 spiro atoms. The van der Waals surface area contributed by atoms with Crippen LogP contribution in [0.5, 0.6) is 0 Å². The van der Waals surface area contributed by atoms with Crippen LogP contribution >= 0.6 is 11.8 Å². The van der Waals surface area contributed by atoms with Crippen LogP contribution in [0.15, 0.2) is 42.9 Å². The number of anilines is 1. The first kappa shape index (κ1) is 22.8. The van der Waals surface area contributed by atoms with E-state index in [1.165, 1.54) is 6.33 Å². The summed E-state index contributed by atoms with van der Waals surface area (Å²) in [6, 6.07) is 10.1. The molecule has 0 radical (unpaired) electrons. The number of imidazole rings is 1. The molecule has 2 aliphatic rings. The third-order valence-electron chi connectivity index (χ3n) is 6.61. The van der Waals surface area contributed by atoms with Crippen LogP contribution in [0.25, 0.3) is 22.1 Å². The molecular weight excluding hydrogens is 464 g/mol. The van der Waals surface area contributed by atoms with Gasteiger partial charge in [0.05, 0.1) is 22.5 Å². The van der Waals surface area contributed by atoms with Crippen LogP contribution in [-0.2, 0) is 20.6 Å². The monoisotopic (exact) mass is 494 g/mol. The summed E-state index contributed by atoms with van der Waals surface area (Å²) in [5, 5.41) is 0.813. The topological polar surface area (TPSA) is 113 Å². The molecule has 4 unspecified atom stereocenters. The van der Waals surface area contributed by atoms with E-state index in [-0.39, 0.29) is 24.5 Å².